The largest absolute Gasteiger partial charge is 0.450 e. The minimum Gasteiger partial charge on any atom is -0.450 e. The lowest BCUT2D eigenvalue weighted by atomic mass is 10.2. The van der Waals surface area contributed by atoms with Crippen molar-refractivity contribution < 1.29 is 31.4 Å². The van der Waals surface area contributed by atoms with Crippen LogP contribution in [0.15, 0.2) is 30.6 Å². The molecule has 30 heavy (non-hydrogen) atoms. The van der Waals surface area contributed by atoms with Crippen LogP contribution in [0.25, 0.3) is 11.0 Å². The van der Waals surface area contributed by atoms with Gasteiger partial charge in [0.05, 0.1) is 17.6 Å². The van der Waals surface area contributed by atoms with Crippen LogP contribution >= 0.6 is 12.2 Å². The van der Waals surface area contributed by atoms with Crippen LogP contribution in [0.5, 0.6) is 11.5 Å². The smallest absolute Gasteiger partial charge is 0.418 e. The van der Waals surface area contributed by atoms with Gasteiger partial charge in [0, 0.05) is 43.9 Å². The molecule has 6 nitrogen and oxygen atoms in total. The normalized spacial score (nSPS) is 11.5. The molecule has 0 amide bonds. The van der Waals surface area contributed by atoms with Crippen LogP contribution in [0.4, 0.5) is 27.6 Å². The number of rotatable bonds is 6. The van der Waals surface area contributed by atoms with E-state index >= 15 is 0 Å². The Morgan fingerprint density at radius 3 is 2.57 bits per heavy atom. The van der Waals surface area contributed by atoms with Crippen LogP contribution in [0, 0.1) is 11.6 Å². The number of nitrogens with one attached hydrogen (secondary N) is 3. The van der Waals surface area contributed by atoms with Gasteiger partial charge in [0.1, 0.15) is 11.4 Å². The maximum absolute atomic E-state index is 14.5. The zero-order valence-electron chi connectivity index (χ0n) is 15.4. The van der Waals surface area contributed by atoms with E-state index < -0.39 is 40.3 Å². The molecule has 0 unspecified atom stereocenters. The average molecular weight is 446 g/mol. The molecule has 0 aliphatic heterocycles. The Balaban J connectivity index is 1.88. The van der Waals surface area contributed by atoms with Crippen molar-refractivity contribution in [2.45, 2.75) is 6.18 Å². The zero-order valence-corrected chi connectivity index (χ0v) is 16.2. The number of nitrogens with zero attached hydrogens (tertiary/aromatic N) is 1. The third kappa shape index (κ3) is 4.76. The fourth-order valence-corrected chi connectivity index (χ4v) is 2.84. The molecule has 3 rings (SSSR count). The van der Waals surface area contributed by atoms with Crippen molar-refractivity contribution in [3.63, 3.8) is 0 Å². The monoisotopic (exact) mass is 446 g/mol. The minimum absolute atomic E-state index is 0.00947. The van der Waals surface area contributed by atoms with E-state index in [1.54, 1.807) is 0 Å². The zero-order chi connectivity index (χ0) is 21.9. The van der Waals surface area contributed by atoms with Gasteiger partial charge in [-0.1, -0.05) is 0 Å². The van der Waals surface area contributed by atoms with Crippen LogP contribution < -0.4 is 15.4 Å². The van der Waals surface area contributed by atoms with E-state index in [4.69, 9.17) is 21.7 Å². The number of aromatic nitrogens is 2. The average Bonchev–Trinajstić information content (AvgIpc) is 3.10. The highest BCUT2D eigenvalue weighted by atomic mass is 32.1. The Bertz CT molecular complexity index is 1050. The molecule has 0 atom stereocenters. The topological polar surface area (TPSA) is 71.2 Å². The van der Waals surface area contributed by atoms with Crippen molar-refractivity contribution >= 4 is 34.1 Å². The number of halogens is 5. The summed E-state index contributed by atoms with van der Waals surface area (Å²) in [6, 6.07) is 2.90. The van der Waals surface area contributed by atoms with Crippen LogP contribution in [0.1, 0.15) is 5.56 Å². The molecule has 2 aromatic heterocycles. The Morgan fingerprint density at radius 2 is 1.93 bits per heavy atom. The van der Waals surface area contributed by atoms with Gasteiger partial charge in [0.25, 0.3) is 0 Å². The Hall–Kier alpha value is -2.99. The molecule has 0 aliphatic carbocycles. The third-order valence-corrected chi connectivity index (χ3v) is 4.15. The molecule has 3 N–H and O–H groups in total. The molecule has 0 saturated carbocycles. The van der Waals surface area contributed by atoms with Crippen molar-refractivity contribution in [3.05, 3.63) is 47.8 Å². The first-order chi connectivity index (χ1) is 14.2. The van der Waals surface area contributed by atoms with Crippen LogP contribution in [0.3, 0.4) is 0 Å². The quantitative estimate of drug-likeness (QED) is 0.293. The molecule has 0 saturated heterocycles. The van der Waals surface area contributed by atoms with Gasteiger partial charge >= 0.3 is 6.18 Å². The first kappa shape index (κ1) is 21.7. The Kier molecular flexibility index (Phi) is 6.37. The highest BCUT2D eigenvalue weighted by Gasteiger charge is 2.35. The number of alkyl halides is 3. The summed E-state index contributed by atoms with van der Waals surface area (Å²) in [5.41, 5.74) is -1.21. The van der Waals surface area contributed by atoms with Gasteiger partial charge in [-0.15, -0.1) is 0 Å². The lowest BCUT2D eigenvalue weighted by Gasteiger charge is -2.14. The number of methoxy groups -OCH3 is 1. The lowest BCUT2D eigenvalue weighted by molar-refractivity contribution is -0.136. The van der Waals surface area contributed by atoms with Crippen molar-refractivity contribution in [2.24, 2.45) is 0 Å². The second-order valence-electron chi connectivity index (χ2n) is 5.98. The maximum Gasteiger partial charge on any atom is 0.418 e. The molecule has 160 valence electrons. The SMILES string of the molecule is COCCNC(=S)Nc1cc(F)c(Oc2ccnc3[nH]cc(C(F)(F)F)c23)c(F)c1. The van der Waals surface area contributed by atoms with Gasteiger partial charge in [-0.3, -0.25) is 0 Å². The van der Waals surface area contributed by atoms with Crippen molar-refractivity contribution in [1.29, 1.82) is 0 Å². The maximum atomic E-state index is 14.5. The second kappa shape index (κ2) is 8.79. The predicted molar refractivity (Wildman–Crippen MR) is 104 cm³/mol. The predicted octanol–water partition coefficient (Wildman–Crippen LogP) is 4.59. The summed E-state index contributed by atoms with van der Waals surface area (Å²) in [6.45, 7) is 0.752. The number of ether oxygens (including phenoxy) is 2. The molecule has 12 heteroatoms. The summed E-state index contributed by atoms with van der Waals surface area (Å²) in [6.07, 6.45) is -2.85. The highest BCUT2D eigenvalue weighted by Crippen LogP contribution is 2.40. The number of benzene rings is 1. The lowest BCUT2D eigenvalue weighted by Crippen LogP contribution is -2.31. The van der Waals surface area contributed by atoms with E-state index in [1.165, 1.54) is 7.11 Å². The number of hydrogen-bond donors (Lipinski definition) is 3. The molecule has 0 radical (unpaired) electrons. The summed E-state index contributed by atoms with van der Waals surface area (Å²) in [5.74, 6) is -3.53. The van der Waals surface area contributed by atoms with E-state index in [1.807, 2.05) is 0 Å². The van der Waals surface area contributed by atoms with Crippen molar-refractivity contribution in [1.82, 2.24) is 15.3 Å². The van der Waals surface area contributed by atoms with Crippen LogP contribution in [0.2, 0.25) is 0 Å². The van der Waals surface area contributed by atoms with Gasteiger partial charge in [-0.05, 0) is 18.3 Å². The second-order valence-corrected chi connectivity index (χ2v) is 6.39. The summed E-state index contributed by atoms with van der Waals surface area (Å²) < 4.78 is 78.7. The Labute approximate surface area is 172 Å². The van der Waals surface area contributed by atoms with Gasteiger partial charge < -0.3 is 25.1 Å². The number of pyridine rings is 1. The van der Waals surface area contributed by atoms with Gasteiger partial charge in [0.2, 0.25) is 0 Å². The molecule has 0 spiro atoms. The number of anilines is 1. The number of H-pyrrole nitrogens is 1. The summed E-state index contributed by atoms with van der Waals surface area (Å²) in [4.78, 5) is 6.14. The van der Waals surface area contributed by atoms with E-state index in [-0.39, 0.29) is 16.4 Å². The number of thiocarbonyl (C=S) groups is 1. The van der Waals surface area contributed by atoms with Gasteiger partial charge in [-0.2, -0.15) is 13.2 Å². The molecular formula is C18H15F5N4O2S. The first-order valence-corrected chi connectivity index (χ1v) is 8.85. The molecule has 0 bridgehead atoms. The van der Waals surface area contributed by atoms with Crippen LogP contribution in [-0.2, 0) is 10.9 Å². The van der Waals surface area contributed by atoms with Crippen LogP contribution in [-0.4, -0.2) is 35.3 Å². The van der Waals surface area contributed by atoms with E-state index in [0.29, 0.717) is 19.3 Å². The molecule has 0 fully saturated rings. The summed E-state index contributed by atoms with van der Waals surface area (Å²) in [7, 11) is 1.50. The molecule has 1 aromatic carbocycles. The van der Waals surface area contributed by atoms with Gasteiger partial charge in [0.15, 0.2) is 22.5 Å². The first-order valence-electron chi connectivity index (χ1n) is 8.44. The van der Waals surface area contributed by atoms with Gasteiger partial charge in [-0.25, -0.2) is 13.8 Å². The number of hydrogen-bond acceptors (Lipinski definition) is 4. The van der Waals surface area contributed by atoms with Crippen molar-refractivity contribution in [3.8, 4) is 11.5 Å². The molecule has 2 heterocycles. The molecular weight excluding hydrogens is 431 g/mol. The fourth-order valence-electron chi connectivity index (χ4n) is 2.62. The fraction of sp³-hybridized carbons (Fsp3) is 0.222. The molecule has 3 aromatic rings. The van der Waals surface area contributed by atoms with E-state index in [2.05, 4.69) is 20.6 Å². The number of fused-ring (bicyclic) bond motifs is 1. The summed E-state index contributed by atoms with van der Waals surface area (Å²) in [5, 5.41) is 5.03. The van der Waals surface area contributed by atoms with E-state index in [0.717, 1.165) is 24.4 Å². The Morgan fingerprint density at radius 1 is 1.23 bits per heavy atom. The highest BCUT2D eigenvalue weighted by molar-refractivity contribution is 7.80. The third-order valence-electron chi connectivity index (χ3n) is 3.90. The standard InChI is InChI=1S/C18H15F5N4O2S/c1-28-5-4-25-17(30)27-9-6-11(19)15(12(20)7-9)29-13-2-3-24-16-14(13)10(8-26-16)18(21,22)23/h2-3,6-8H,4-5H2,1H3,(H,24,26)(H2,25,27,30). The van der Waals surface area contributed by atoms with E-state index in [9.17, 15) is 22.0 Å². The van der Waals surface area contributed by atoms with Crippen molar-refractivity contribution in [2.75, 3.05) is 25.6 Å². The molecule has 0 aliphatic rings. The number of aromatic amines is 1. The minimum atomic E-state index is -4.71. The summed E-state index contributed by atoms with van der Waals surface area (Å²) >= 11 is 5.00.